The van der Waals surface area contributed by atoms with Gasteiger partial charge in [0.2, 0.25) is 0 Å². The third-order valence-corrected chi connectivity index (χ3v) is 3.19. The molecule has 1 aromatic carbocycles. The van der Waals surface area contributed by atoms with E-state index in [9.17, 15) is 15.2 Å². The minimum Gasteiger partial charge on any atom is -0.389 e. The van der Waals surface area contributed by atoms with Crippen molar-refractivity contribution in [1.82, 2.24) is 4.90 Å². The lowest BCUT2D eigenvalue weighted by atomic mass is 10.1. The maximum Gasteiger partial charge on any atom is 0.275 e. The van der Waals surface area contributed by atoms with Gasteiger partial charge in [0.15, 0.2) is 0 Å². The minimum atomic E-state index is -0.819. The molecule has 0 amide bonds. The van der Waals surface area contributed by atoms with Crippen LogP contribution in [0.3, 0.4) is 0 Å². The molecule has 0 heterocycles. The van der Waals surface area contributed by atoms with Gasteiger partial charge in [0.1, 0.15) is 0 Å². The number of benzene rings is 1. The van der Waals surface area contributed by atoms with Crippen molar-refractivity contribution in [3.8, 4) is 0 Å². The van der Waals surface area contributed by atoms with Crippen molar-refractivity contribution in [2.75, 3.05) is 13.1 Å². The van der Waals surface area contributed by atoms with Gasteiger partial charge in [-0.15, -0.1) is 0 Å². The normalized spacial score (nSPS) is 11.9. The summed E-state index contributed by atoms with van der Waals surface area (Å²) in [6.45, 7) is 7.06. The van der Waals surface area contributed by atoms with E-state index in [0.29, 0.717) is 23.1 Å². The van der Waals surface area contributed by atoms with Crippen LogP contribution in [0.1, 0.15) is 26.3 Å². The van der Waals surface area contributed by atoms with Crippen LogP contribution in [0.4, 0.5) is 5.69 Å². The van der Waals surface area contributed by atoms with Crippen LogP contribution in [0.15, 0.2) is 22.7 Å². The van der Waals surface area contributed by atoms with E-state index >= 15 is 0 Å². The van der Waals surface area contributed by atoms with Crippen LogP contribution < -0.4 is 0 Å². The lowest BCUT2D eigenvalue weighted by Gasteiger charge is -2.27. The first-order chi connectivity index (χ1) is 8.73. The van der Waals surface area contributed by atoms with Crippen LogP contribution in [-0.2, 0) is 6.54 Å². The molecule has 0 radical (unpaired) electrons. The van der Waals surface area contributed by atoms with E-state index < -0.39 is 5.60 Å². The summed E-state index contributed by atoms with van der Waals surface area (Å²) in [5.41, 5.74) is -0.0666. The Balaban J connectivity index is 2.94. The van der Waals surface area contributed by atoms with Crippen LogP contribution in [0.2, 0.25) is 0 Å². The van der Waals surface area contributed by atoms with Crippen molar-refractivity contribution in [3.05, 3.63) is 38.3 Å². The first-order valence-electron chi connectivity index (χ1n) is 6.10. The number of halogens is 1. The van der Waals surface area contributed by atoms with E-state index in [4.69, 9.17) is 0 Å². The molecule has 0 saturated carbocycles. The molecule has 0 atom stereocenters. The van der Waals surface area contributed by atoms with Gasteiger partial charge < -0.3 is 5.11 Å². The molecule has 0 spiro atoms. The number of nitrogens with zero attached hydrogens (tertiary/aromatic N) is 2. The highest BCUT2D eigenvalue weighted by molar-refractivity contribution is 9.10. The fraction of sp³-hybridized carbons (Fsp3) is 0.538. The summed E-state index contributed by atoms with van der Waals surface area (Å²) in [5, 5.41) is 20.9. The van der Waals surface area contributed by atoms with Crippen LogP contribution in [-0.4, -0.2) is 33.6 Å². The SMILES string of the molecule is CCN(Cc1ccc(Br)cc1[N+](=O)[O-])CC(C)(C)O. The Hall–Kier alpha value is -0.980. The molecular weight excluding hydrogens is 312 g/mol. The summed E-state index contributed by atoms with van der Waals surface area (Å²) in [7, 11) is 0. The number of rotatable bonds is 6. The number of hydrogen-bond acceptors (Lipinski definition) is 4. The lowest BCUT2D eigenvalue weighted by Crippen LogP contribution is -2.38. The van der Waals surface area contributed by atoms with Gasteiger partial charge in [-0.1, -0.05) is 22.9 Å². The Morgan fingerprint density at radius 1 is 1.47 bits per heavy atom. The summed E-state index contributed by atoms with van der Waals surface area (Å²) in [6.07, 6.45) is 0. The molecule has 0 bridgehead atoms. The Labute approximate surface area is 121 Å². The maximum atomic E-state index is 11.0. The second-order valence-corrected chi connectivity index (χ2v) is 6.06. The predicted molar refractivity (Wildman–Crippen MR) is 78.0 cm³/mol. The van der Waals surface area contributed by atoms with Gasteiger partial charge >= 0.3 is 0 Å². The minimum absolute atomic E-state index is 0.101. The Bertz CT molecular complexity index is 458. The van der Waals surface area contributed by atoms with Crippen molar-refractivity contribution in [1.29, 1.82) is 0 Å². The third kappa shape index (κ3) is 5.26. The monoisotopic (exact) mass is 330 g/mol. The van der Waals surface area contributed by atoms with Gasteiger partial charge in [-0.05, 0) is 32.5 Å². The van der Waals surface area contributed by atoms with Gasteiger partial charge in [0.25, 0.3) is 5.69 Å². The number of nitro benzene ring substituents is 1. The first-order valence-corrected chi connectivity index (χ1v) is 6.90. The van der Waals surface area contributed by atoms with Gasteiger partial charge in [-0.2, -0.15) is 0 Å². The van der Waals surface area contributed by atoms with Crippen molar-refractivity contribution in [2.24, 2.45) is 0 Å². The molecule has 19 heavy (non-hydrogen) atoms. The zero-order valence-electron chi connectivity index (χ0n) is 11.4. The van der Waals surface area contributed by atoms with E-state index in [1.165, 1.54) is 6.07 Å². The molecule has 0 unspecified atom stereocenters. The molecular formula is C13H19BrN2O3. The highest BCUT2D eigenvalue weighted by Gasteiger charge is 2.21. The largest absolute Gasteiger partial charge is 0.389 e. The molecule has 1 N–H and O–H groups in total. The van der Waals surface area contributed by atoms with Crippen molar-refractivity contribution < 1.29 is 10.0 Å². The second-order valence-electron chi connectivity index (χ2n) is 5.15. The third-order valence-electron chi connectivity index (χ3n) is 2.70. The van der Waals surface area contributed by atoms with Crippen LogP contribution >= 0.6 is 15.9 Å². The average molecular weight is 331 g/mol. The summed E-state index contributed by atoms with van der Waals surface area (Å²) >= 11 is 3.24. The summed E-state index contributed by atoms with van der Waals surface area (Å²) in [5.74, 6) is 0. The summed E-state index contributed by atoms with van der Waals surface area (Å²) in [6, 6.07) is 5.04. The van der Waals surface area contributed by atoms with Crippen molar-refractivity contribution in [2.45, 2.75) is 32.9 Å². The lowest BCUT2D eigenvalue weighted by molar-refractivity contribution is -0.385. The fourth-order valence-electron chi connectivity index (χ4n) is 1.91. The topological polar surface area (TPSA) is 66.6 Å². The highest BCUT2D eigenvalue weighted by atomic mass is 79.9. The van der Waals surface area contributed by atoms with Crippen molar-refractivity contribution in [3.63, 3.8) is 0 Å². The highest BCUT2D eigenvalue weighted by Crippen LogP contribution is 2.25. The molecule has 1 rings (SSSR count). The molecule has 1 aromatic rings. The quantitative estimate of drug-likeness (QED) is 0.643. The standard InChI is InChI=1S/C13H19BrN2O3/c1-4-15(9-13(2,3)17)8-10-5-6-11(14)7-12(10)16(18)19/h5-7,17H,4,8-9H2,1-3H3. The Morgan fingerprint density at radius 2 is 2.11 bits per heavy atom. The summed E-state index contributed by atoms with van der Waals surface area (Å²) < 4.78 is 0.688. The molecule has 0 aliphatic rings. The zero-order chi connectivity index (χ0) is 14.6. The molecule has 0 fully saturated rings. The van der Waals surface area contributed by atoms with E-state index in [1.54, 1.807) is 26.0 Å². The van der Waals surface area contributed by atoms with Gasteiger partial charge in [0.05, 0.1) is 10.5 Å². The predicted octanol–water partition coefficient (Wildman–Crippen LogP) is 2.95. The maximum absolute atomic E-state index is 11.0. The molecule has 0 saturated heterocycles. The second kappa shape index (κ2) is 6.45. The first kappa shape index (κ1) is 16.1. The number of nitro groups is 1. The molecule has 6 heteroatoms. The van der Waals surface area contributed by atoms with E-state index in [1.807, 2.05) is 11.8 Å². The zero-order valence-corrected chi connectivity index (χ0v) is 13.0. The molecule has 0 aromatic heterocycles. The van der Waals surface area contributed by atoms with E-state index in [2.05, 4.69) is 15.9 Å². The van der Waals surface area contributed by atoms with Gasteiger partial charge in [-0.25, -0.2) is 0 Å². The number of aliphatic hydroxyl groups is 1. The smallest absolute Gasteiger partial charge is 0.275 e. The van der Waals surface area contributed by atoms with Gasteiger partial charge in [-0.3, -0.25) is 15.0 Å². The molecule has 5 nitrogen and oxygen atoms in total. The molecule has 0 aliphatic carbocycles. The fourth-order valence-corrected chi connectivity index (χ4v) is 2.26. The number of hydrogen-bond donors (Lipinski definition) is 1. The average Bonchev–Trinajstić information content (AvgIpc) is 2.28. The molecule has 106 valence electrons. The van der Waals surface area contributed by atoms with Gasteiger partial charge in [0, 0.05) is 29.2 Å². The molecule has 0 aliphatic heterocycles. The number of likely N-dealkylation sites (N-methyl/N-ethyl adjacent to an activating group) is 1. The van der Waals surface area contributed by atoms with Crippen LogP contribution in [0.25, 0.3) is 0 Å². The summed E-state index contributed by atoms with van der Waals surface area (Å²) in [4.78, 5) is 12.7. The van der Waals surface area contributed by atoms with E-state index in [-0.39, 0.29) is 10.6 Å². The Kier molecular flexibility index (Phi) is 5.46. The van der Waals surface area contributed by atoms with Crippen molar-refractivity contribution >= 4 is 21.6 Å². The Morgan fingerprint density at radius 3 is 2.58 bits per heavy atom. The van der Waals surface area contributed by atoms with E-state index in [0.717, 1.165) is 6.54 Å². The van der Waals surface area contributed by atoms with Crippen LogP contribution in [0.5, 0.6) is 0 Å². The van der Waals surface area contributed by atoms with Crippen LogP contribution in [0, 0.1) is 10.1 Å².